The fourth-order valence-corrected chi connectivity index (χ4v) is 3.39. The monoisotopic (exact) mass is 417 g/mol. The first kappa shape index (κ1) is 20.8. The van der Waals surface area contributed by atoms with Crippen LogP contribution in [-0.2, 0) is 4.79 Å². The van der Waals surface area contributed by atoms with Gasteiger partial charge >= 0.3 is 0 Å². The van der Waals surface area contributed by atoms with E-state index in [1.165, 1.54) is 0 Å². The highest BCUT2D eigenvalue weighted by atomic mass is 16.5. The van der Waals surface area contributed by atoms with Gasteiger partial charge in [-0.3, -0.25) is 4.79 Å². The van der Waals surface area contributed by atoms with Crippen molar-refractivity contribution < 1.29 is 9.53 Å². The number of carbonyl (C=O) groups is 1. The van der Waals surface area contributed by atoms with Crippen LogP contribution in [0.5, 0.6) is 5.75 Å². The Kier molecular flexibility index (Phi) is 6.43. The fraction of sp³-hybridized carbons (Fsp3) is 0.292. The molecule has 31 heavy (non-hydrogen) atoms. The number of benzene rings is 2. The summed E-state index contributed by atoms with van der Waals surface area (Å²) < 4.78 is 5.52. The Morgan fingerprint density at radius 1 is 0.935 bits per heavy atom. The third-order valence-corrected chi connectivity index (χ3v) is 5.33. The van der Waals surface area contributed by atoms with E-state index in [1.54, 1.807) is 0 Å². The summed E-state index contributed by atoms with van der Waals surface area (Å²) in [5.41, 5.74) is 3.61. The van der Waals surface area contributed by atoms with Crippen molar-refractivity contribution >= 4 is 17.4 Å². The summed E-state index contributed by atoms with van der Waals surface area (Å²) >= 11 is 0. The Morgan fingerprint density at radius 2 is 1.65 bits per heavy atom. The Balaban J connectivity index is 1.31. The highest BCUT2D eigenvalue weighted by molar-refractivity contribution is 5.92. The molecule has 2 heterocycles. The van der Waals surface area contributed by atoms with Crippen molar-refractivity contribution in [1.82, 2.24) is 15.1 Å². The quantitative estimate of drug-likeness (QED) is 0.664. The van der Waals surface area contributed by atoms with Gasteiger partial charge in [-0.1, -0.05) is 29.8 Å². The van der Waals surface area contributed by atoms with Crippen LogP contribution in [0.15, 0.2) is 60.7 Å². The number of anilines is 2. The number of likely N-dealkylation sites (N-methyl/N-ethyl adjacent to an activating group) is 1. The van der Waals surface area contributed by atoms with Crippen LogP contribution in [0.2, 0.25) is 0 Å². The van der Waals surface area contributed by atoms with Crippen molar-refractivity contribution in [3.8, 4) is 17.0 Å². The standard InChI is InChI=1S/C24H27N5O2/c1-18-3-9-21(10-4-18)31-17-24(30)25-20-7-5-19(6-8-20)22-11-12-23(27-26-22)29-15-13-28(2)14-16-29/h3-12H,13-17H2,1-2H3,(H,25,30). The van der Waals surface area contributed by atoms with Gasteiger partial charge < -0.3 is 19.9 Å². The lowest BCUT2D eigenvalue weighted by molar-refractivity contribution is -0.118. The number of rotatable bonds is 6. The summed E-state index contributed by atoms with van der Waals surface area (Å²) in [7, 11) is 2.13. The van der Waals surface area contributed by atoms with Crippen molar-refractivity contribution in [2.45, 2.75) is 6.92 Å². The molecule has 1 N–H and O–H groups in total. The molecule has 0 radical (unpaired) electrons. The summed E-state index contributed by atoms with van der Waals surface area (Å²) in [6.07, 6.45) is 0. The molecule has 1 saturated heterocycles. The van der Waals surface area contributed by atoms with Gasteiger partial charge in [0.1, 0.15) is 5.75 Å². The van der Waals surface area contributed by atoms with Gasteiger partial charge in [-0.05, 0) is 50.4 Å². The number of carbonyl (C=O) groups excluding carboxylic acids is 1. The maximum Gasteiger partial charge on any atom is 0.262 e. The summed E-state index contributed by atoms with van der Waals surface area (Å²) in [5.74, 6) is 1.38. The van der Waals surface area contributed by atoms with Gasteiger partial charge in [-0.2, -0.15) is 0 Å². The minimum absolute atomic E-state index is 0.0377. The summed E-state index contributed by atoms with van der Waals surface area (Å²) in [5, 5.41) is 11.6. The molecule has 0 unspecified atom stereocenters. The first-order chi connectivity index (χ1) is 15.1. The number of nitrogens with zero attached hydrogens (tertiary/aromatic N) is 4. The van der Waals surface area contributed by atoms with Crippen LogP contribution in [0, 0.1) is 6.92 Å². The zero-order valence-corrected chi connectivity index (χ0v) is 17.9. The van der Waals surface area contributed by atoms with E-state index in [1.807, 2.05) is 67.6 Å². The third-order valence-electron chi connectivity index (χ3n) is 5.33. The largest absolute Gasteiger partial charge is 0.484 e. The number of hydrogen-bond acceptors (Lipinski definition) is 6. The van der Waals surface area contributed by atoms with Gasteiger partial charge in [0.05, 0.1) is 5.69 Å². The molecule has 0 atom stereocenters. The predicted octanol–water partition coefficient (Wildman–Crippen LogP) is 3.22. The molecule has 4 rings (SSSR count). The van der Waals surface area contributed by atoms with Gasteiger partial charge in [-0.15, -0.1) is 10.2 Å². The molecule has 0 aliphatic carbocycles. The molecule has 0 spiro atoms. The molecule has 2 aromatic carbocycles. The molecule has 3 aromatic rings. The fourth-order valence-electron chi connectivity index (χ4n) is 3.39. The minimum atomic E-state index is -0.204. The minimum Gasteiger partial charge on any atom is -0.484 e. The summed E-state index contributed by atoms with van der Waals surface area (Å²) in [4.78, 5) is 16.7. The van der Waals surface area contributed by atoms with Crippen molar-refractivity contribution in [3.05, 3.63) is 66.2 Å². The van der Waals surface area contributed by atoms with E-state index in [0.717, 1.165) is 48.8 Å². The molecule has 160 valence electrons. The van der Waals surface area contributed by atoms with E-state index in [9.17, 15) is 4.79 Å². The number of piperazine rings is 1. The lowest BCUT2D eigenvalue weighted by Crippen LogP contribution is -2.44. The van der Waals surface area contributed by atoms with E-state index >= 15 is 0 Å². The normalized spacial score (nSPS) is 14.3. The van der Waals surface area contributed by atoms with Crippen molar-refractivity contribution in [3.63, 3.8) is 0 Å². The van der Waals surface area contributed by atoms with Gasteiger partial charge in [-0.25, -0.2) is 0 Å². The SMILES string of the molecule is Cc1ccc(OCC(=O)Nc2ccc(-c3ccc(N4CCN(C)CC4)nn3)cc2)cc1. The van der Waals surface area contributed by atoms with Crippen LogP contribution >= 0.6 is 0 Å². The molecule has 1 aliphatic rings. The Labute approximate surface area is 182 Å². The molecule has 7 heteroatoms. The molecule has 0 saturated carbocycles. The highest BCUT2D eigenvalue weighted by Gasteiger charge is 2.15. The van der Waals surface area contributed by atoms with Crippen LogP contribution in [0.4, 0.5) is 11.5 Å². The molecule has 1 amide bonds. The second-order valence-electron chi connectivity index (χ2n) is 7.79. The zero-order valence-electron chi connectivity index (χ0n) is 17.9. The lowest BCUT2D eigenvalue weighted by atomic mass is 10.1. The number of hydrogen-bond donors (Lipinski definition) is 1. The van der Waals surface area contributed by atoms with E-state index in [2.05, 4.69) is 32.4 Å². The maximum atomic E-state index is 12.1. The second-order valence-corrected chi connectivity index (χ2v) is 7.79. The van der Waals surface area contributed by atoms with Crippen LogP contribution in [0.3, 0.4) is 0 Å². The Hall–Kier alpha value is -3.45. The molecular weight excluding hydrogens is 390 g/mol. The highest BCUT2D eigenvalue weighted by Crippen LogP contribution is 2.21. The van der Waals surface area contributed by atoms with Crippen LogP contribution in [0.25, 0.3) is 11.3 Å². The van der Waals surface area contributed by atoms with Gasteiger partial charge in [0.15, 0.2) is 12.4 Å². The summed E-state index contributed by atoms with van der Waals surface area (Å²) in [6, 6.07) is 19.2. The second kappa shape index (κ2) is 9.57. The number of nitrogens with one attached hydrogen (secondary N) is 1. The predicted molar refractivity (Wildman–Crippen MR) is 122 cm³/mol. The smallest absolute Gasteiger partial charge is 0.262 e. The van der Waals surface area contributed by atoms with Crippen LogP contribution in [0.1, 0.15) is 5.56 Å². The molecular formula is C24H27N5O2. The topological polar surface area (TPSA) is 70.6 Å². The van der Waals surface area contributed by atoms with Crippen LogP contribution in [-0.4, -0.2) is 60.8 Å². The summed E-state index contributed by atoms with van der Waals surface area (Å²) in [6.45, 7) is 5.97. The third kappa shape index (κ3) is 5.58. The number of amides is 1. The van der Waals surface area contributed by atoms with Gasteiger partial charge in [0, 0.05) is 37.4 Å². The molecule has 1 fully saturated rings. The van der Waals surface area contributed by atoms with E-state index in [-0.39, 0.29) is 12.5 Å². The number of ether oxygens (including phenoxy) is 1. The molecule has 0 bridgehead atoms. The van der Waals surface area contributed by atoms with E-state index in [0.29, 0.717) is 11.4 Å². The van der Waals surface area contributed by atoms with E-state index < -0.39 is 0 Å². The van der Waals surface area contributed by atoms with Gasteiger partial charge in [0.2, 0.25) is 0 Å². The number of aryl methyl sites for hydroxylation is 1. The van der Waals surface area contributed by atoms with Crippen LogP contribution < -0.4 is 15.0 Å². The van der Waals surface area contributed by atoms with Crippen molar-refractivity contribution in [1.29, 1.82) is 0 Å². The molecule has 1 aliphatic heterocycles. The average molecular weight is 418 g/mol. The zero-order chi connectivity index (χ0) is 21.6. The van der Waals surface area contributed by atoms with E-state index in [4.69, 9.17) is 4.74 Å². The molecule has 1 aromatic heterocycles. The maximum absolute atomic E-state index is 12.1. The first-order valence-corrected chi connectivity index (χ1v) is 10.4. The molecule has 7 nitrogen and oxygen atoms in total. The Morgan fingerprint density at radius 3 is 2.29 bits per heavy atom. The van der Waals surface area contributed by atoms with Crippen molar-refractivity contribution in [2.75, 3.05) is 50.1 Å². The number of aromatic nitrogens is 2. The lowest BCUT2D eigenvalue weighted by Gasteiger charge is -2.32. The van der Waals surface area contributed by atoms with Gasteiger partial charge in [0.25, 0.3) is 5.91 Å². The van der Waals surface area contributed by atoms with Crippen molar-refractivity contribution in [2.24, 2.45) is 0 Å². The Bertz CT molecular complexity index is 996. The first-order valence-electron chi connectivity index (χ1n) is 10.4. The average Bonchev–Trinajstić information content (AvgIpc) is 2.80.